The summed E-state index contributed by atoms with van der Waals surface area (Å²) in [6.07, 6.45) is 0. The fraction of sp³-hybridized carbons (Fsp3) is 0.316. The first-order chi connectivity index (χ1) is 13.0. The van der Waals surface area contributed by atoms with Crippen molar-refractivity contribution in [2.75, 3.05) is 19.6 Å². The van der Waals surface area contributed by atoms with Crippen LogP contribution in [-0.2, 0) is 17.5 Å². The molecule has 0 aromatic heterocycles. The number of carbonyl (C=O) groups excluding carboxylic acids is 1. The van der Waals surface area contributed by atoms with Crippen molar-refractivity contribution in [2.45, 2.75) is 17.5 Å². The lowest BCUT2D eigenvalue weighted by molar-refractivity contribution is 0.157. The molecule has 2 fully saturated rings. The number of fused-ring (bicyclic) bond motifs is 1. The fourth-order valence-electron chi connectivity index (χ4n) is 3.56. The molecule has 2 aliphatic rings. The summed E-state index contributed by atoms with van der Waals surface area (Å²) in [6.45, 7) is 2.37. The molecule has 0 bridgehead atoms. The number of urea groups is 1. The molecule has 0 spiro atoms. The molecule has 2 aromatic carbocycles. The second-order valence-corrected chi connectivity index (χ2v) is 9.07. The molecular weight excluding hydrogens is 405 g/mol. The second-order valence-electron chi connectivity index (χ2n) is 6.79. The van der Waals surface area contributed by atoms with E-state index in [0.717, 1.165) is 17.0 Å². The topological polar surface area (TPSA) is 52.7 Å². The molecular formula is C19H19Cl2N3O2S. The Balaban J connectivity index is 1.33. The van der Waals surface area contributed by atoms with Gasteiger partial charge in [0.25, 0.3) is 0 Å². The number of benzene rings is 2. The lowest BCUT2D eigenvalue weighted by Gasteiger charge is -2.41. The number of carbonyl (C=O) groups is 1. The predicted octanol–water partition coefficient (Wildman–Crippen LogP) is 3.54. The number of hydrogen-bond donors (Lipinski definition) is 1. The number of halogens is 2. The van der Waals surface area contributed by atoms with Gasteiger partial charge in [-0.3, -0.25) is 0 Å². The highest BCUT2D eigenvalue weighted by Gasteiger charge is 2.49. The van der Waals surface area contributed by atoms with Gasteiger partial charge in [0.1, 0.15) is 11.0 Å². The molecule has 5 nitrogen and oxygen atoms in total. The Kier molecular flexibility index (Phi) is 5.41. The largest absolute Gasteiger partial charge is 0.334 e. The van der Waals surface area contributed by atoms with Crippen LogP contribution >= 0.6 is 23.2 Å². The normalized spacial score (nSPS) is 22.8. The molecule has 2 heterocycles. The van der Waals surface area contributed by atoms with Crippen LogP contribution in [0.4, 0.5) is 4.79 Å². The third-order valence-electron chi connectivity index (χ3n) is 5.08. The Bertz CT molecular complexity index is 881. The van der Waals surface area contributed by atoms with Crippen LogP contribution in [0.25, 0.3) is 0 Å². The molecule has 8 heteroatoms. The van der Waals surface area contributed by atoms with Gasteiger partial charge in [-0.15, -0.1) is 0 Å². The number of nitrogens with zero attached hydrogens (tertiary/aromatic N) is 2. The van der Waals surface area contributed by atoms with Gasteiger partial charge in [-0.2, -0.15) is 0 Å². The molecule has 2 saturated heterocycles. The van der Waals surface area contributed by atoms with Crippen molar-refractivity contribution >= 4 is 40.2 Å². The Morgan fingerprint density at radius 1 is 1.11 bits per heavy atom. The maximum atomic E-state index is 12.7. The molecule has 1 N–H and O–H groups in total. The molecule has 4 rings (SSSR count). The monoisotopic (exact) mass is 423 g/mol. The summed E-state index contributed by atoms with van der Waals surface area (Å²) >= 11 is 12.0. The van der Waals surface area contributed by atoms with E-state index >= 15 is 0 Å². The lowest BCUT2D eigenvalue weighted by Crippen LogP contribution is -2.55. The summed E-state index contributed by atoms with van der Waals surface area (Å²) in [5, 5.41) is 4.01. The first-order valence-corrected chi connectivity index (χ1v) is 10.6. The maximum absolute atomic E-state index is 12.7. The van der Waals surface area contributed by atoms with Crippen LogP contribution < -0.4 is 5.32 Å². The molecule has 3 unspecified atom stereocenters. The van der Waals surface area contributed by atoms with Crippen LogP contribution in [0.1, 0.15) is 5.56 Å². The summed E-state index contributed by atoms with van der Waals surface area (Å²) in [4.78, 5) is 15.1. The van der Waals surface area contributed by atoms with Gasteiger partial charge in [-0.25, -0.2) is 13.3 Å². The molecule has 2 aromatic rings. The highest BCUT2D eigenvalue weighted by Crippen LogP contribution is 2.35. The van der Waals surface area contributed by atoms with E-state index < -0.39 is 11.0 Å². The zero-order chi connectivity index (χ0) is 19.0. The van der Waals surface area contributed by atoms with Crippen LogP contribution in [0, 0.1) is 5.92 Å². The van der Waals surface area contributed by atoms with Crippen molar-refractivity contribution in [1.82, 2.24) is 14.5 Å². The number of nitrogens with one attached hydrogen (secondary N) is 1. The van der Waals surface area contributed by atoms with Gasteiger partial charge in [0.15, 0.2) is 0 Å². The van der Waals surface area contributed by atoms with Crippen molar-refractivity contribution in [2.24, 2.45) is 5.92 Å². The standard InChI is InChI=1S/C19H19Cl2N3O2S/c20-15-7-6-13(17(21)8-15)9-22-19(25)23-10-14-11-24(18(14)12-23)27(26)16-4-2-1-3-5-16/h1-8,14,18H,9-12H2,(H,22,25). The number of amides is 2. The van der Waals surface area contributed by atoms with Gasteiger partial charge in [-0.05, 0) is 29.8 Å². The van der Waals surface area contributed by atoms with Crippen LogP contribution in [-0.4, -0.2) is 45.1 Å². The first kappa shape index (κ1) is 18.7. The third-order valence-corrected chi connectivity index (χ3v) is 7.19. The quantitative estimate of drug-likeness (QED) is 0.817. The van der Waals surface area contributed by atoms with Gasteiger partial charge in [-0.1, -0.05) is 47.5 Å². The van der Waals surface area contributed by atoms with E-state index in [4.69, 9.17) is 23.2 Å². The van der Waals surface area contributed by atoms with E-state index in [-0.39, 0.29) is 12.1 Å². The zero-order valence-electron chi connectivity index (χ0n) is 14.5. The Labute approximate surface area is 170 Å². The number of hydrogen-bond acceptors (Lipinski definition) is 2. The summed E-state index contributed by atoms with van der Waals surface area (Å²) in [5.74, 6) is 0.377. The summed E-state index contributed by atoms with van der Waals surface area (Å²) in [5.41, 5.74) is 0.823. The van der Waals surface area contributed by atoms with Gasteiger partial charge in [0, 0.05) is 48.2 Å². The van der Waals surface area contributed by atoms with E-state index in [1.54, 1.807) is 17.0 Å². The highest BCUT2D eigenvalue weighted by atomic mass is 35.5. The van der Waals surface area contributed by atoms with Crippen LogP contribution in [0.3, 0.4) is 0 Å². The number of rotatable bonds is 4. The molecule has 0 radical (unpaired) electrons. The van der Waals surface area contributed by atoms with E-state index in [1.807, 2.05) is 40.7 Å². The maximum Gasteiger partial charge on any atom is 0.317 e. The lowest BCUT2D eigenvalue weighted by atomic mass is 9.96. The van der Waals surface area contributed by atoms with E-state index in [9.17, 15) is 9.00 Å². The van der Waals surface area contributed by atoms with Crippen molar-refractivity contribution in [3.63, 3.8) is 0 Å². The van der Waals surface area contributed by atoms with Crippen molar-refractivity contribution in [1.29, 1.82) is 0 Å². The average Bonchev–Trinajstić information content (AvgIpc) is 2.98. The molecule has 3 atom stereocenters. The molecule has 27 heavy (non-hydrogen) atoms. The minimum Gasteiger partial charge on any atom is -0.334 e. The molecule has 0 saturated carbocycles. The van der Waals surface area contributed by atoms with Gasteiger partial charge in [0.05, 0.1) is 4.90 Å². The van der Waals surface area contributed by atoms with E-state index in [2.05, 4.69) is 5.32 Å². The van der Waals surface area contributed by atoms with Gasteiger partial charge < -0.3 is 10.2 Å². The van der Waals surface area contributed by atoms with Gasteiger partial charge in [0.2, 0.25) is 0 Å². The Morgan fingerprint density at radius 3 is 2.63 bits per heavy atom. The van der Waals surface area contributed by atoms with Crippen molar-refractivity contribution < 1.29 is 9.00 Å². The molecule has 2 aliphatic heterocycles. The first-order valence-electron chi connectivity index (χ1n) is 8.73. The van der Waals surface area contributed by atoms with Crippen molar-refractivity contribution in [3.8, 4) is 0 Å². The van der Waals surface area contributed by atoms with Crippen LogP contribution in [0.5, 0.6) is 0 Å². The number of likely N-dealkylation sites (tertiary alicyclic amines) is 1. The smallest absolute Gasteiger partial charge is 0.317 e. The van der Waals surface area contributed by atoms with Gasteiger partial charge >= 0.3 is 6.03 Å². The SMILES string of the molecule is O=C(NCc1ccc(Cl)cc1Cl)N1CC2CN(S(=O)c3ccccc3)C2C1. The second kappa shape index (κ2) is 7.80. The van der Waals surface area contributed by atoms with Crippen molar-refractivity contribution in [3.05, 3.63) is 64.1 Å². The Morgan fingerprint density at radius 2 is 1.89 bits per heavy atom. The average molecular weight is 424 g/mol. The van der Waals surface area contributed by atoms with E-state index in [0.29, 0.717) is 35.6 Å². The molecule has 0 aliphatic carbocycles. The summed E-state index contributed by atoms with van der Waals surface area (Å²) in [7, 11) is -1.17. The third kappa shape index (κ3) is 3.85. The fourth-order valence-corrected chi connectivity index (χ4v) is 5.51. The summed E-state index contributed by atoms with van der Waals surface area (Å²) in [6, 6.07) is 14.7. The van der Waals surface area contributed by atoms with Crippen LogP contribution in [0.15, 0.2) is 53.4 Å². The minimum atomic E-state index is -1.17. The minimum absolute atomic E-state index is 0.124. The Hall–Kier alpha value is -1.60. The molecule has 2 amide bonds. The zero-order valence-corrected chi connectivity index (χ0v) is 16.8. The molecule has 142 valence electrons. The van der Waals surface area contributed by atoms with Crippen LogP contribution in [0.2, 0.25) is 10.0 Å². The summed E-state index contributed by atoms with van der Waals surface area (Å²) < 4.78 is 14.7. The van der Waals surface area contributed by atoms with E-state index in [1.165, 1.54) is 0 Å². The predicted molar refractivity (Wildman–Crippen MR) is 107 cm³/mol. The highest BCUT2D eigenvalue weighted by molar-refractivity contribution is 7.82.